The number of ether oxygens (including phenoxy) is 1. The molecule has 0 radical (unpaired) electrons. The zero-order chi connectivity index (χ0) is 19.4. The number of hydrogen-bond acceptors (Lipinski definition) is 3. The molecule has 3 aromatic rings. The molecule has 0 aliphatic rings. The van der Waals surface area contributed by atoms with Crippen molar-refractivity contribution in [2.45, 2.75) is 33.4 Å². The van der Waals surface area contributed by atoms with Gasteiger partial charge in [-0.1, -0.05) is 41.9 Å². The van der Waals surface area contributed by atoms with Crippen LogP contribution in [0.3, 0.4) is 0 Å². The lowest BCUT2D eigenvalue weighted by Gasteiger charge is -2.17. The molecule has 0 saturated carbocycles. The summed E-state index contributed by atoms with van der Waals surface area (Å²) >= 11 is 6.18. The second-order valence-corrected chi connectivity index (χ2v) is 6.86. The van der Waals surface area contributed by atoms with E-state index in [9.17, 15) is 4.79 Å². The summed E-state index contributed by atoms with van der Waals surface area (Å²) in [6.45, 7) is 6.12. The average Bonchev–Trinajstić information content (AvgIpc) is 3.07. The number of aromatic nitrogens is 2. The normalized spacial score (nSPS) is 11.9. The third kappa shape index (κ3) is 4.68. The molecule has 0 unspecified atom stereocenters. The molecule has 1 N–H and O–H groups in total. The molecule has 140 valence electrons. The van der Waals surface area contributed by atoms with Gasteiger partial charge < -0.3 is 10.1 Å². The van der Waals surface area contributed by atoms with Crippen LogP contribution in [0.1, 0.15) is 23.6 Å². The molecule has 27 heavy (non-hydrogen) atoms. The third-order valence-electron chi connectivity index (χ3n) is 4.24. The van der Waals surface area contributed by atoms with Gasteiger partial charge in [0.25, 0.3) is 5.91 Å². The van der Waals surface area contributed by atoms with E-state index in [-0.39, 0.29) is 5.91 Å². The van der Waals surface area contributed by atoms with Crippen LogP contribution in [0.25, 0.3) is 0 Å². The number of nitrogens with zero attached hydrogens (tertiary/aromatic N) is 2. The topological polar surface area (TPSA) is 56.1 Å². The molecule has 0 bridgehead atoms. The Bertz CT molecular complexity index is 915. The van der Waals surface area contributed by atoms with Gasteiger partial charge in [0, 0.05) is 11.1 Å². The van der Waals surface area contributed by atoms with Crippen molar-refractivity contribution in [1.82, 2.24) is 9.78 Å². The Kier molecular flexibility index (Phi) is 5.81. The number of anilines is 1. The Morgan fingerprint density at radius 1 is 1.19 bits per heavy atom. The minimum Gasteiger partial charge on any atom is -0.481 e. The van der Waals surface area contributed by atoms with Gasteiger partial charge >= 0.3 is 0 Å². The summed E-state index contributed by atoms with van der Waals surface area (Å²) in [6.07, 6.45) is 1.00. The fourth-order valence-corrected chi connectivity index (χ4v) is 2.89. The van der Waals surface area contributed by atoms with Gasteiger partial charge in [-0.15, -0.1) is 0 Å². The van der Waals surface area contributed by atoms with Crippen molar-refractivity contribution in [1.29, 1.82) is 0 Å². The number of carbonyl (C=O) groups excluding carboxylic acids is 1. The summed E-state index contributed by atoms with van der Waals surface area (Å²) in [4.78, 5) is 12.6. The van der Waals surface area contributed by atoms with Crippen molar-refractivity contribution < 1.29 is 9.53 Å². The van der Waals surface area contributed by atoms with Crippen LogP contribution >= 0.6 is 11.6 Å². The number of benzene rings is 2. The number of aryl methyl sites for hydroxylation is 2. The van der Waals surface area contributed by atoms with E-state index in [0.717, 1.165) is 16.7 Å². The van der Waals surface area contributed by atoms with E-state index in [1.165, 1.54) is 0 Å². The van der Waals surface area contributed by atoms with Crippen molar-refractivity contribution in [2.75, 3.05) is 5.32 Å². The molecule has 3 rings (SSSR count). The van der Waals surface area contributed by atoms with E-state index in [4.69, 9.17) is 16.3 Å². The van der Waals surface area contributed by atoms with Gasteiger partial charge in [-0.2, -0.15) is 5.10 Å². The third-order valence-corrected chi connectivity index (χ3v) is 4.83. The van der Waals surface area contributed by atoms with E-state index in [0.29, 0.717) is 23.1 Å². The number of nitrogens with one attached hydrogen (secondary N) is 1. The number of rotatable bonds is 6. The smallest absolute Gasteiger partial charge is 0.266 e. The van der Waals surface area contributed by atoms with Gasteiger partial charge in [0.05, 0.1) is 12.7 Å². The maximum absolute atomic E-state index is 12.6. The van der Waals surface area contributed by atoms with Crippen molar-refractivity contribution >= 4 is 23.3 Å². The lowest BCUT2D eigenvalue weighted by atomic mass is 10.1. The highest BCUT2D eigenvalue weighted by molar-refractivity contribution is 6.32. The SMILES string of the molecule is Cc1cc(O[C@@H](C)C(=O)Nc2ccnn2Cc2ccccc2)cc(C)c1Cl. The molecule has 0 spiro atoms. The maximum Gasteiger partial charge on any atom is 0.266 e. The summed E-state index contributed by atoms with van der Waals surface area (Å²) in [7, 11) is 0. The second-order valence-electron chi connectivity index (χ2n) is 6.48. The molecule has 0 aliphatic heterocycles. The van der Waals surface area contributed by atoms with Crippen LogP contribution in [0.15, 0.2) is 54.7 Å². The Morgan fingerprint density at radius 3 is 2.52 bits per heavy atom. The first-order valence-electron chi connectivity index (χ1n) is 8.74. The van der Waals surface area contributed by atoms with Crippen molar-refractivity contribution in [3.63, 3.8) is 0 Å². The Morgan fingerprint density at radius 2 is 1.85 bits per heavy atom. The van der Waals surface area contributed by atoms with Gasteiger partial charge in [0.2, 0.25) is 0 Å². The lowest BCUT2D eigenvalue weighted by Crippen LogP contribution is -2.31. The Balaban J connectivity index is 1.66. The van der Waals surface area contributed by atoms with Gasteiger partial charge in [0.1, 0.15) is 11.6 Å². The molecule has 0 fully saturated rings. The summed E-state index contributed by atoms with van der Waals surface area (Å²) in [5.41, 5.74) is 2.94. The number of amides is 1. The van der Waals surface area contributed by atoms with E-state index in [1.54, 1.807) is 23.9 Å². The first-order chi connectivity index (χ1) is 12.9. The van der Waals surface area contributed by atoms with Crippen LogP contribution < -0.4 is 10.1 Å². The summed E-state index contributed by atoms with van der Waals surface area (Å²) in [5.74, 6) is 1.01. The van der Waals surface area contributed by atoms with Gasteiger partial charge in [0.15, 0.2) is 6.10 Å². The van der Waals surface area contributed by atoms with Crippen LogP contribution in [0.2, 0.25) is 5.02 Å². The van der Waals surface area contributed by atoms with Crippen LogP contribution in [0.5, 0.6) is 5.75 Å². The van der Waals surface area contributed by atoms with Crippen molar-refractivity contribution in [3.8, 4) is 5.75 Å². The number of halogens is 1. The fourth-order valence-electron chi connectivity index (χ4n) is 2.78. The van der Waals surface area contributed by atoms with Crippen LogP contribution in [0.4, 0.5) is 5.82 Å². The molecular weight excluding hydrogens is 362 g/mol. The predicted octanol–water partition coefficient (Wildman–Crippen LogP) is 4.61. The predicted molar refractivity (Wildman–Crippen MR) is 107 cm³/mol. The molecule has 1 aromatic heterocycles. The zero-order valence-electron chi connectivity index (χ0n) is 15.6. The summed E-state index contributed by atoms with van der Waals surface area (Å²) < 4.78 is 7.55. The standard InChI is InChI=1S/C21H22ClN3O2/c1-14-11-18(12-15(2)20(14)22)27-16(3)21(26)24-19-9-10-23-25(19)13-17-7-5-4-6-8-17/h4-12,16H,13H2,1-3H3,(H,24,26)/t16-/m0/s1. The van der Waals surface area contributed by atoms with Crippen LogP contribution in [0, 0.1) is 13.8 Å². The molecule has 0 saturated heterocycles. The quantitative estimate of drug-likeness (QED) is 0.676. The average molecular weight is 384 g/mol. The maximum atomic E-state index is 12.6. The Hall–Kier alpha value is -2.79. The summed E-state index contributed by atoms with van der Waals surface area (Å²) in [5, 5.41) is 7.88. The van der Waals surface area contributed by atoms with Crippen molar-refractivity contribution in [2.24, 2.45) is 0 Å². The molecule has 1 atom stereocenters. The van der Waals surface area contributed by atoms with Crippen LogP contribution in [-0.4, -0.2) is 21.8 Å². The van der Waals surface area contributed by atoms with E-state index in [1.807, 2.05) is 56.3 Å². The molecule has 1 amide bonds. The van der Waals surface area contributed by atoms with Gasteiger partial charge in [-0.05, 0) is 49.6 Å². The highest BCUT2D eigenvalue weighted by Crippen LogP contribution is 2.26. The molecular formula is C21H22ClN3O2. The molecule has 5 nitrogen and oxygen atoms in total. The van der Waals surface area contributed by atoms with Gasteiger partial charge in [-0.25, -0.2) is 4.68 Å². The highest BCUT2D eigenvalue weighted by Gasteiger charge is 2.17. The minimum absolute atomic E-state index is 0.241. The molecule has 2 aromatic carbocycles. The number of carbonyl (C=O) groups is 1. The summed E-state index contributed by atoms with van der Waals surface area (Å²) in [6, 6.07) is 15.4. The first-order valence-corrected chi connectivity index (χ1v) is 9.12. The highest BCUT2D eigenvalue weighted by atomic mass is 35.5. The van der Waals surface area contributed by atoms with Crippen molar-refractivity contribution in [3.05, 3.63) is 76.4 Å². The Labute approximate surface area is 163 Å². The molecule has 1 heterocycles. The minimum atomic E-state index is -0.662. The molecule has 0 aliphatic carbocycles. The van der Waals surface area contributed by atoms with Crippen LogP contribution in [-0.2, 0) is 11.3 Å². The monoisotopic (exact) mass is 383 g/mol. The first kappa shape index (κ1) is 19.0. The van der Waals surface area contributed by atoms with E-state index >= 15 is 0 Å². The van der Waals surface area contributed by atoms with E-state index in [2.05, 4.69) is 10.4 Å². The second kappa shape index (κ2) is 8.27. The lowest BCUT2D eigenvalue weighted by molar-refractivity contribution is -0.122. The number of hydrogen-bond donors (Lipinski definition) is 1. The molecule has 6 heteroatoms. The van der Waals surface area contributed by atoms with Gasteiger partial charge in [-0.3, -0.25) is 4.79 Å². The zero-order valence-corrected chi connectivity index (χ0v) is 16.3. The van der Waals surface area contributed by atoms with E-state index < -0.39 is 6.10 Å². The largest absolute Gasteiger partial charge is 0.481 e. The fraction of sp³-hybridized carbons (Fsp3) is 0.238.